The molecule has 0 saturated heterocycles. The van der Waals surface area contributed by atoms with Crippen LogP contribution < -0.4 is 0 Å². The van der Waals surface area contributed by atoms with Crippen molar-refractivity contribution in [3.63, 3.8) is 0 Å². The van der Waals surface area contributed by atoms with Gasteiger partial charge in [-0.25, -0.2) is 26.6 Å². The molecule has 0 aromatic carbocycles. The van der Waals surface area contributed by atoms with Crippen LogP contribution in [0.4, 0.5) is 13.6 Å². The minimum atomic E-state index is -4.38. The van der Waals surface area contributed by atoms with E-state index < -0.39 is 45.7 Å². The fourth-order valence-corrected chi connectivity index (χ4v) is 4.50. The zero-order valence-corrected chi connectivity index (χ0v) is 19.7. The summed E-state index contributed by atoms with van der Waals surface area (Å²) in [5.74, 6) is -2.09. The molecule has 3 heterocycles. The minimum Gasteiger partial charge on any atom is -0.444 e. The normalized spacial score (nSPS) is 12.0. The van der Waals surface area contributed by atoms with E-state index in [1.165, 1.54) is 36.3 Å². The van der Waals surface area contributed by atoms with Crippen LogP contribution in [0.15, 0.2) is 47.9 Å². The van der Waals surface area contributed by atoms with Crippen LogP contribution in [0, 0.1) is 18.7 Å². The largest absolute Gasteiger partial charge is 0.444 e. The number of ether oxygens (including phenoxy) is 1. The molecule has 11 heteroatoms. The van der Waals surface area contributed by atoms with Crippen molar-refractivity contribution in [1.29, 1.82) is 0 Å². The molecule has 0 bridgehead atoms. The molecular formula is C22H24F2N4O4S. The number of hydrogen-bond donors (Lipinski definition) is 0. The Morgan fingerprint density at radius 3 is 2.52 bits per heavy atom. The number of aromatic nitrogens is 3. The monoisotopic (exact) mass is 478 g/mol. The van der Waals surface area contributed by atoms with Gasteiger partial charge >= 0.3 is 6.09 Å². The molecule has 0 radical (unpaired) electrons. The van der Waals surface area contributed by atoms with Crippen LogP contribution in [0.1, 0.15) is 31.9 Å². The molecule has 0 N–H and O–H groups in total. The first-order valence-electron chi connectivity index (χ1n) is 9.93. The third-order valence-electron chi connectivity index (χ3n) is 5.16. The number of carbonyl (C=O) groups excluding carboxylic acids is 1. The first-order valence-corrected chi connectivity index (χ1v) is 11.4. The summed E-state index contributed by atoms with van der Waals surface area (Å²) < 4.78 is 62.6. The maximum absolute atomic E-state index is 15.5. The standard InChI is InChI=1S/C22H24F2N4O4S/c1-14-8-10-25-11-17(14)33(30,31)28-12-15(13-32-21(29)27(5)22(2,3)4)18(23)19(28)16-7-6-9-26-20(16)24/h6-12H,13H2,1-5H3. The van der Waals surface area contributed by atoms with Crippen LogP contribution in [-0.4, -0.2) is 45.9 Å². The molecule has 0 aliphatic carbocycles. The molecule has 0 atom stereocenters. The molecule has 0 aliphatic rings. The van der Waals surface area contributed by atoms with Crippen molar-refractivity contribution in [1.82, 2.24) is 18.8 Å². The van der Waals surface area contributed by atoms with Gasteiger partial charge in [0.2, 0.25) is 5.95 Å². The Balaban J connectivity index is 2.13. The van der Waals surface area contributed by atoms with E-state index in [0.717, 1.165) is 18.6 Å². The number of aryl methyl sites for hydroxylation is 1. The molecule has 0 aliphatic heterocycles. The molecule has 1 amide bonds. The third-order valence-corrected chi connectivity index (χ3v) is 6.95. The van der Waals surface area contributed by atoms with Gasteiger partial charge in [0.1, 0.15) is 17.2 Å². The second-order valence-corrected chi connectivity index (χ2v) is 10.2. The summed E-state index contributed by atoms with van der Waals surface area (Å²) in [6, 6.07) is 4.06. The molecule has 3 aromatic rings. The lowest BCUT2D eigenvalue weighted by atomic mass is 10.1. The first kappa shape index (κ1) is 24.3. The second kappa shape index (κ2) is 8.89. The molecule has 33 heavy (non-hydrogen) atoms. The number of halogens is 2. The molecule has 176 valence electrons. The maximum atomic E-state index is 15.5. The number of carbonyl (C=O) groups is 1. The van der Waals surface area contributed by atoms with E-state index in [1.807, 2.05) is 0 Å². The van der Waals surface area contributed by atoms with Crippen LogP contribution in [0.2, 0.25) is 0 Å². The van der Waals surface area contributed by atoms with Gasteiger partial charge in [-0.1, -0.05) is 0 Å². The SMILES string of the molecule is Cc1ccncc1S(=O)(=O)n1cc(COC(=O)N(C)C(C)(C)C)c(F)c1-c1cccnc1F. The van der Waals surface area contributed by atoms with E-state index in [0.29, 0.717) is 9.54 Å². The summed E-state index contributed by atoms with van der Waals surface area (Å²) in [5.41, 5.74) is -1.33. The van der Waals surface area contributed by atoms with Crippen molar-refractivity contribution < 1.29 is 26.7 Å². The van der Waals surface area contributed by atoms with Crippen LogP contribution in [0.25, 0.3) is 11.3 Å². The Morgan fingerprint density at radius 1 is 1.21 bits per heavy atom. The summed E-state index contributed by atoms with van der Waals surface area (Å²) in [6.07, 6.45) is 3.96. The predicted octanol–water partition coefficient (Wildman–Crippen LogP) is 4.14. The van der Waals surface area contributed by atoms with Crippen molar-refractivity contribution in [3.05, 3.63) is 65.9 Å². The lowest BCUT2D eigenvalue weighted by Gasteiger charge is -2.30. The summed E-state index contributed by atoms with van der Waals surface area (Å²) in [6.45, 7) is 6.37. The van der Waals surface area contributed by atoms with Crippen molar-refractivity contribution >= 4 is 16.1 Å². The summed E-state index contributed by atoms with van der Waals surface area (Å²) in [5, 5.41) is 0. The van der Waals surface area contributed by atoms with E-state index in [1.54, 1.807) is 27.7 Å². The van der Waals surface area contributed by atoms with E-state index in [9.17, 15) is 17.6 Å². The van der Waals surface area contributed by atoms with Crippen LogP contribution in [-0.2, 0) is 21.4 Å². The number of amides is 1. The Morgan fingerprint density at radius 2 is 1.91 bits per heavy atom. The van der Waals surface area contributed by atoms with Crippen molar-refractivity contribution in [2.75, 3.05) is 7.05 Å². The van der Waals surface area contributed by atoms with Gasteiger partial charge < -0.3 is 9.64 Å². The summed E-state index contributed by atoms with van der Waals surface area (Å²) in [4.78, 5) is 20.8. The van der Waals surface area contributed by atoms with E-state index >= 15 is 4.39 Å². The number of rotatable bonds is 5. The number of nitrogens with zero attached hydrogens (tertiary/aromatic N) is 4. The molecule has 0 fully saturated rings. The fourth-order valence-electron chi connectivity index (χ4n) is 2.94. The van der Waals surface area contributed by atoms with E-state index in [4.69, 9.17) is 4.74 Å². The summed E-state index contributed by atoms with van der Waals surface area (Å²) in [7, 11) is -2.85. The first-order chi connectivity index (χ1) is 15.4. The van der Waals surface area contributed by atoms with Crippen molar-refractivity contribution in [2.45, 2.75) is 44.7 Å². The van der Waals surface area contributed by atoms with Crippen molar-refractivity contribution in [3.8, 4) is 11.3 Å². The van der Waals surface area contributed by atoms with Gasteiger partial charge in [-0.15, -0.1) is 0 Å². The Hall–Kier alpha value is -3.34. The van der Waals surface area contributed by atoms with Gasteiger partial charge in [-0.2, -0.15) is 4.39 Å². The van der Waals surface area contributed by atoms with Crippen LogP contribution >= 0.6 is 0 Å². The van der Waals surface area contributed by atoms with Crippen LogP contribution in [0.3, 0.4) is 0 Å². The molecule has 0 spiro atoms. The average molecular weight is 479 g/mol. The highest BCUT2D eigenvalue weighted by atomic mass is 32.2. The third kappa shape index (κ3) is 4.72. The minimum absolute atomic E-state index is 0.179. The molecule has 0 unspecified atom stereocenters. The number of pyridine rings is 2. The smallest absolute Gasteiger partial charge is 0.410 e. The van der Waals surface area contributed by atoms with Gasteiger partial charge in [0.05, 0.1) is 5.56 Å². The zero-order chi connectivity index (χ0) is 24.6. The van der Waals surface area contributed by atoms with Crippen LogP contribution in [0.5, 0.6) is 0 Å². The summed E-state index contributed by atoms with van der Waals surface area (Å²) >= 11 is 0. The lowest BCUT2D eigenvalue weighted by Crippen LogP contribution is -2.42. The zero-order valence-electron chi connectivity index (χ0n) is 18.8. The molecule has 0 saturated carbocycles. The second-order valence-electron chi connectivity index (χ2n) is 8.39. The highest BCUT2D eigenvalue weighted by Crippen LogP contribution is 2.32. The lowest BCUT2D eigenvalue weighted by molar-refractivity contribution is 0.0753. The molecule has 3 aromatic heterocycles. The van der Waals surface area contributed by atoms with E-state index in [-0.39, 0.29) is 16.0 Å². The fraction of sp³-hybridized carbons (Fsp3) is 0.318. The number of hydrogen-bond acceptors (Lipinski definition) is 6. The Bertz CT molecular complexity index is 1300. The average Bonchev–Trinajstić information content (AvgIpc) is 3.08. The molecule has 3 rings (SSSR count). The maximum Gasteiger partial charge on any atom is 0.410 e. The Labute approximate surface area is 190 Å². The van der Waals surface area contributed by atoms with Gasteiger partial charge in [0, 0.05) is 42.9 Å². The van der Waals surface area contributed by atoms with Gasteiger partial charge in [0.25, 0.3) is 10.0 Å². The van der Waals surface area contributed by atoms with E-state index in [2.05, 4.69) is 9.97 Å². The van der Waals surface area contributed by atoms with Crippen molar-refractivity contribution in [2.24, 2.45) is 0 Å². The molecular weight excluding hydrogens is 454 g/mol. The topological polar surface area (TPSA) is 94.4 Å². The van der Waals surface area contributed by atoms with Gasteiger partial charge in [-0.3, -0.25) is 4.98 Å². The van der Waals surface area contributed by atoms with Gasteiger partial charge in [-0.05, 0) is 51.5 Å². The Kier molecular flexibility index (Phi) is 6.55. The highest BCUT2D eigenvalue weighted by molar-refractivity contribution is 7.90. The quantitative estimate of drug-likeness (QED) is 0.512. The highest BCUT2D eigenvalue weighted by Gasteiger charge is 2.30. The molecule has 8 nitrogen and oxygen atoms in total. The predicted molar refractivity (Wildman–Crippen MR) is 117 cm³/mol. The van der Waals surface area contributed by atoms with Gasteiger partial charge in [0.15, 0.2) is 5.82 Å².